The van der Waals surface area contributed by atoms with Gasteiger partial charge >= 0.3 is 0 Å². The second-order valence-corrected chi connectivity index (χ2v) is 6.26. The maximum Gasteiger partial charge on any atom is 0.128 e. The smallest absolute Gasteiger partial charge is 0.128 e. The third-order valence-electron chi connectivity index (χ3n) is 4.93. The molecule has 0 saturated heterocycles. The second-order valence-electron chi connectivity index (χ2n) is 6.26. The van der Waals surface area contributed by atoms with Crippen molar-refractivity contribution in [2.24, 2.45) is 17.6 Å². The van der Waals surface area contributed by atoms with E-state index in [0.29, 0.717) is 12.0 Å². The van der Waals surface area contributed by atoms with Gasteiger partial charge < -0.3 is 10.5 Å². The molecule has 2 rings (SSSR count). The minimum atomic E-state index is 0.325. The third-order valence-corrected chi connectivity index (χ3v) is 4.93. The normalized spacial score (nSPS) is 26.6. The van der Waals surface area contributed by atoms with Gasteiger partial charge in [-0.15, -0.1) is 0 Å². The van der Waals surface area contributed by atoms with E-state index in [0.717, 1.165) is 35.8 Å². The summed E-state index contributed by atoms with van der Waals surface area (Å²) in [6.07, 6.45) is 7.87. The molecule has 0 spiro atoms. The number of aryl methyl sites for hydroxylation is 1. The molecule has 3 atom stereocenters. The van der Waals surface area contributed by atoms with Gasteiger partial charge in [-0.05, 0) is 51.4 Å². The first-order valence-electron chi connectivity index (χ1n) is 7.81. The predicted octanol–water partition coefficient (Wildman–Crippen LogP) is 3.40. The van der Waals surface area contributed by atoms with Crippen molar-refractivity contribution < 1.29 is 4.74 Å². The molecule has 0 radical (unpaired) electrons. The van der Waals surface area contributed by atoms with Crippen LogP contribution in [0.1, 0.15) is 49.4 Å². The Morgan fingerprint density at radius 2 is 2.10 bits per heavy atom. The van der Waals surface area contributed by atoms with Crippen LogP contribution in [0.3, 0.4) is 0 Å². The van der Waals surface area contributed by atoms with Crippen molar-refractivity contribution in [1.82, 2.24) is 4.98 Å². The Kier molecular flexibility index (Phi) is 5.03. The summed E-state index contributed by atoms with van der Waals surface area (Å²) in [4.78, 5) is 4.63. The number of rotatable bonds is 4. The summed E-state index contributed by atoms with van der Waals surface area (Å²) in [5.41, 5.74) is 9.78. The maximum absolute atomic E-state index is 6.34. The molecule has 1 aromatic heterocycles. The van der Waals surface area contributed by atoms with Crippen LogP contribution in [-0.4, -0.2) is 18.1 Å². The van der Waals surface area contributed by atoms with Crippen LogP contribution in [0.2, 0.25) is 0 Å². The number of hydrogen-bond donors (Lipinski definition) is 1. The molecule has 3 heteroatoms. The van der Waals surface area contributed by atoms with Crippen LogP contribution >= 0.6 is 0 Å². The lowest BCUT2D eigenvalue weighted by Crippen LogP contribution is -2.37. The second kappa shape index (κ2) is 6.57. The van der Waals surface area contributed by atoms with Gasteiger partial charge in [0.2, 0.25) is 0 Å². The average molecular weight is 276 g/mol. The van der Waals surface area contributed by atoms with Crippen LogP contribution in [0.25, 0.3) is 0 Å². The zero-order valence-electron chi connectivity index (χ0n) is 13.3. The molecule has 1 aromatic rings. The summed E-state index contributed by atoms with van der Waals surface area (Å²) in [5, 5.41) is 0. The Morgan fingerprint density at radius 1 is 1.35 bits per heavy atom. The topological polar surface area (TPSA) is 48.1 Å². The van der Waals surface area contributed by atoms with E-state index >= 15 is 0 Å². The fourth-order valence-corrected chi connectivity index (χ4v) is 3.52. The maximum atomic E-state index is 6.34. The summed E-state index contributed by atoms with van der Waals surface area (Å²) in [5.74, 6) is 2.38. The molecule has 0 aromatic carbocycles. The van der Waals surface area contributed by atoms with Crippen molar-refractivity contribution in [1.29, 1.82) is 0 Å². The van der Waals surface area contributed by atoms with E-state index in [1.54, 1.807) is 7.11 Å². The summed E-state index contributed by atoms with van der Waals surface area (Å²) >= 11 is 0. The Balaban J connectivity index is 2.16. The molecule has 0 aliphatic heterocycles. The molecule has 0 bridgehead atoms. The Morgan fingerprint density at radius 3 is 2.75 bits per heavy atom. The monoisotopic (exact) mass is 276 g/mol. The van der Waals surface area contributed by atoms with E-state index in [-0.39, 0.29) is 0 Å². The van der Waals surface area contributed by atoms with E-state index in [9.17, 15) is 0 Å². The lowest BCUT2D eigenvalue weighted by molar-refractivity contribution is 0.225. The molecule has 3 nitrogen and oxygen atoms in total. The molecule has 3 unspecified atom stereocenters. The summed E-state index contributed by atoms with van der Waals surface area (Å²) in [7, 11) is 1.73. The van der Waals surface area contributed by atoms with Gasteiger partial charge in [0.05, 0.1) is 7.11 Å². The van der Waals surface area contributed by atoms with Gasteiger partial charge in [-0.3, -0.25) is 4.98 Å². The lowest BCUT2D eigenvalue weighted by atomic mass is 9.75. The van der Waals surface area contributed by atoms with Crippen molar-refractivity contribution in [3.8, 4) is 5.75 Å². The molecule has 112 valence electrons. The minimum Gasteiger partial charge on any atom is -0.496 e. The Labute approximate surface area is 122 Å². The number of aromatic nitrogens is 1. The van der Waals surface area contributed by atoms with E-state index in [2.05, 4.69) is 18.8 Å². The summed E-state index contributed by atoms with van der Waals surface area (Å²) < 4.78 is 5.50. The summed E-state index contributed by atoms with van der Waals surface area (Å²) in [6.45, 7) is 6.44. The van der Waals surface area contributed by atoms with Crippen molar-refractivity contribution >= 4 is 0 Å². The van der Waals surface area contributed by atoms with Gasteiger partial charge in [0.1, 0.15) is 5.75 Å². The van der Waals surface area contributed by atoms with Crippen LogP contribution in [0.4, 0.5) is 0 Å². The van der Waals surface area contributed by atoms with Crippen LogP contribution < -0.4 is 10.5 Å². The SMILES string of the molecule is CCC1CCC(N)C(Cc2ncc(C)c(OC)c2C)C1. The number of hydrogen-bond acceptors (Lipinski definition) is 3. The van der Waals surface area contributed by atoms with Crippen molar-refractivity contribution in [2.45, 2.75) is 58.9 Å². The number of pyridine rings is 1. The first kappa shape index (κ1) is 15.3. The highest BCUT2D eigenvalue weighted by Gasteiger charge is 2.28. The molecular weight excluding hydrogens is 248 g/mol. The van der Waals surface area contributed by atoms with E-state index < -0.39 is 0 Å². The van der Waals surface area contributed by atoms with Crippen LogP contribution in [0, 0.1) is 25.7 Å². The standard InChI is InChI=1S/C17H28N2O/c1-5-13-6-7-15(18)14(8-13)9-16-12(3)17(20-4)11(2)10-19-16/h10,13-15H,5-9,18H2,1-4H3. The Hall–Kier alpha value is -1.09. The van der Waals surface area contributed by atoms with E-state index in [1.807, 2.05) is 13.1 Å². The van der Waals surface area contributed by atoms with Gasteiger partial charge in [-0.25, -0.2) is 0 Å². The highest BCUT2D eigenvalue weighted by molar-refractivity contribution is 5.41. The molecule has 2 N–H and O–H groups in total. The molecule has 0 amide bonds. The number of ether oxygens (including phenoxy) is 1. The predicted molar refractivity (Wildman–Crippen MR) is 83.1 cm³/mol. The van der Waals surface area contributed by atoms with Gasteiger partial charge in [0.25, 0.3) is 0 Å². The molecule has 1 aliphatic carbocycles. The number of nitrogens with zero attached hydrogens (tertiary/aromatic N) is 1. The zero-order chi connectivity index (χ0) is 14.7. The lowest BCUT2D eigenvalue weighted by Gasteiger charge is -2.34. The van der Waals surface area contributed by atoms with Crippen LogP contribution in [0.15, 0.2) is 6.20 Å². The quantitative estimate of drug-likeness (QED) is 0.917. The van der Waals surface area contributed by atoms with Gasteiger partial charge in [-0.2, -0.15) is 0 Å². The van der Waals surface area contributed by atoms with Crippen LogP contribution in [-0.2, 0) is 6.42 Å². The van der Waals surface area contributed by atoms with E-state index in [1.165, 1.54) is 24.8 Å². The highest BCUT2D eigenvalue weighted by atomic mass is 16.5. The largest absolute Gasteiger partial charge is 0.496 e. The zero-order valence-corrected chi connectivity index (χ0v) is 13.3. The van der Waals surface area contributed by atoms with Gasteiger partial charge in [0, 0.05) is 29.1 Å². The third kappa shape index (κ3) is 3.14. The average Bonchev–Trinajstić information content (AvgIpc) is 2.44. The highest BCUT2D eigenvalue weighted by Crippen LogP contribution is 2.34. The fraction of sp³-hybridized carbons (Fsp3) is 0.706. The molecule has 1 fully saturated rings. The number of methoxy groups -OCH3 is 1. The molecular formula is C17H28N2O. The molecule has 1 heterocycles. The fourth-order valence-electron chi connectivity index (χ4n) is 3.52. The minimum absolute atomic E-state index is 0.325. The van der Waals surface area contributed by atoms with Crippen molar-refractivity contribution in [2.75, 3.05) is 7.11 Å². The van der Waals surface area contributed by atoms with Gasteiger partial charge in [0.15, 0.2) is 0 Å². The first-order valence-corrected chi connectivity index (χ1v) is 7.81. The Bertz CT molecular complexity index is 459. The summed E-state index contributed by atoms with van der Waals surface area (Å²) in [6, 6.07) is 0.325. The van der Waals surface area contributed by atoms with Crippen molar-refractivity contribution in [3.63, 3.8) is 0 Å². The van der Waals surface area contributed by atoms with Gasteiger partial charge in [-0.1, -0.05) is 13.3 Å². The first-order chi connectivity index (χ1) is 9.56. The number of nitrogens with two attached hydrogens (primary N) is 1. The van der Waals surface area contributed by atoms with Crippen LogP contribution in [0.5, 0.6) is 5.75 Å². The van der Waals surface area contributed by atoms with Crippen molar-refractivity contribution in [3.05, 3.63) is 23.0 Å². The molecule has 20 heavy (non-hydrogen) atoms. The molecule has 1 saturated carbocycles. The molecule has 1 aliphatic rings. The van der Waals surface area contributed by atoms with E-state index in [4.69, 9.17) is 10.5 Å².